The van der Waals surface area contributed by atoms with E-state index >= 15 is 0 Å². The van der Waals surface area contributed by atoms with Gasteiger partial charge in [0, 0.05) is 17.0 Å². The van der Waals surface area contributed by atoms with E-state index in [1.165, 1.54) is 37.8 Å². The number of ether oxygens (including phenoxy) is 1. The molecule has 1 aliphatic heterocycles. The van der Waals surface area contributed by atoms with Crippen LogP contribution in [-0.4, -0.2) is 23.8 Å². The van der Waals surface area contributed by atoms with Crippen LogP contribution in [0.2, 0.25) is 0 Å². The van der Waals surface area contributed by atoms with Gasteiger partial charge in [-0.1, -0.05) is 38.3 Å². The zero-order valence-electron chi connectivity index (χ0n) is 16.5. The minimum atomic E-state index is -0.266. The Kier molecular flexibility index (Phi) is 5.76. The van der Waals surface area contributed by atoms with E-state index in [0.717, 1.165) is 28.5 Å². The van der Waals surface area contributed by atoms with Crippen LogP contribution in [0, 0.1) is 0 Å². The number of aromatic nitrogens is 1. The van der Waals surface area contributed by atoms with E-state index in [-0.39, 0.29) is 18.0 Å². The predicted molar refractivity (Wildman–Crippen MR) is 113 cm³/mol. The zero-order valence-corrected chi connectivity index (χ0v) is 17.3. The van der Waals surface area contributed by atoms with Gasteiger partial charge in [0.15, 0.2) is 0 Å². The van der Waals surface area contributed by atoms with Gasteiger partial charge in [0.2, 0.25) is 0 Å². The second kappa shape index (κ2) is 8.43. The van der Waals surface area contributed by atoms with Gasteiger partial charge in [0.1, 0.15) is 10.8 Å². The summed E-state index contributed by atoms with van der Waals surface area (Å²) < 4.78 is 5.28. The van der Waals surface area contributed by atoms with E-state index in [9.17, 15) is 4.79 Å². The molecule has 0 spiro atoms. The highest BCUT2D eigenvalue weighted by Gasteiger charge is 2.36. The van der Waals surface area contributed by atoms with E-state index in [4.69, 9.17) is 9.72 Å². The molecule has 0 bridgehead atoms. The highest BCUT2D eigenvalue weighted by molar-refractivity contribution is 7.09. The number of amides is 2. The minimum Gasteiger partial charge on any atom is -0.497 e. The number of nitrogens with one attached hydrogen (secondary N) is 1. The average molecular weight is 398 g/mol. The van der Waals surface area contributed by atoms with Gasteiger partial charge >= 0.3 is 6.03 Å². The lowest BCUT2D eigenvalue weighted by Gasteiger charge is -2.31. The molecule has 28 heavy (non-hydrogen) atoms. The fourth-order valence-electron chi connectivity index (χ4n) is 4.34. The molecular formula is C22H27N3O2S. The first kappa shape index (κ1) is 19.1. The molecule has 2 amide bonds. The lowest BCUT2D eigenvalue weighted by Crippen LogP contribution is -2.39. The molecule has 1 fully saturated rings. The Balaban J connectivity index is 1.68. The summed E-state index contributed by atoms with van der Waals surface area (Å²) in [6, 6.07) is 7.49. The quantitative estimate of drug-likeness (QED) is 0.714. The van der Waals surface area contributed by atoms with Gasteiger partial charge < -0.3 is 10.1 Å². The Labute approximate surface area is 170 Å². The first-order valence-corrected chi connectivity index (χ1v) is 11.0. The maximum absolute atomic E-state index is 12.2. The van der Waals surface area contributed by atoms with E-state index in [1.54, 1.807) is 18.4 Å². The summed E-state index contributed by atoms with van der Waals surface area (Å²) in [7, 11) is 1.66. The monoisotopic (exact) mass is 397 g/mol. The van der Waals surface area contributed by atoms with Crippen molar-refractivity contribution in [1.82, 2.24) is 10.3 Å². The van der Waals surface area contributed by atoms with Crippen LogP contribution < -0.4 is 10.1 Å². The fourth-order valence-corrected chi connectivity index (χ4v) is 5.40. The number of urea groups is 1. The number of aliphatic imine (C=N–C) groups is 1. The summed E-state index contributed by atoms with van der Waals surface area (Å²) in [4.78, 5) is 21.6. The highest BCUT2D eigenvalue weighted by atomic mass is 32.1. The van der Waals surface area contributed by atoms with E-state index in [1.807, 2.05) is 24.3 Å². The first-order valence-electron chi connectivity index (χ1n) is 10.2. The maximum Gasteiger partial charge on any atom is 0.341 e. The number of carbonyl (C=O) groups is 1. The molecule has 6 heteroatoms. The van der Waals surface area contributed by atoms with Gasteiger partial charge in [-0.3, -0.25) is 0 Å². The molecule has 1 aromatic heterocycles. The summed E-state index contributed by atoms with van der Waals surface area (Å²) in [6.07, 6.45) is 7.15. The lowest BCUT2D eigenvalue weighted by molar-refractivity contribution is 0.242. The summed E-state index contributed by atoms with van der Waals surface area (Å²) >= 11 is 1.71. The summed E-state index contributed by atoms with van der Waals surface area (Å²) in [5.74, 6) is 1.37. The number of hydrogen-bond donors (Lipinski definition) is 1. The molecule has 0 saturated heterocycles. The van der Waals surface area contributed by atoms with Crippen molar-refractivity contribution in [2.24, 2.45) is 4.99 Å². The molecule has 2 aromatic rings. The second-order valence-corrected chi connectivity index (χ2v) is 8.47. The molecule has 2 unspecified atom stereocenters. The van der Waals surface area contributed by atoms with Crippen LogP contribution in [0.1, 0.15) is 79.6 Å². The van der Waals surface area contributed by atoms with Crippen molar-refractivity contribution < 1.29 is 9.53 Å². The SMILES string of the molecule is CCC1=NC(=O)NC(c2ccc(OC)cc2)C1c1nc(C2CCCCC2)cs1. The Morgan fingerprint density at radius 2 is 1.93 bits per heavy atom. The highest BCUT2D eigenvalue weighted by Crippen LogP contribution is 2.40. The third-order valence-corrected chi connectivity index (χ3v) is 6.83. The number of rotatable bonds is 5. The molecule has 2 aliphatic rings. The standard InChI is InChI=1S/C22H27N3O2S/c1-3-17-19(21-23-18(13-28-21)14-7-5-4-6-8-14)20(25-22(26)24-17)15-9-11-16(27-2)12-10-15/h9-14,19-20H,3-8H2,1-2H3,(H,25,26). The normalized spacial score (nSPS) is 23.2. The Bertz CT molecular complexity index is 853. The molecule has 4 rings (SSSR count). The summed E-state index contributed by atoms with van der Waals surface area (Å²) in [5, 5.41) is 6.35. The van der Waals surface area contributed by atoms with Crippen molar-refractivity contribution >= 4 is 23.1 Å². The Morgan fingerprint density at radius 1 is 1.18 bits per heavy atom. The molecule has 5 nitrogen and oxygen atoms in total. The van der Waals surface area contributed by atoms with Gasteiger partial charge in [-0.15, -0.1) is 11.3 Å². The van der Waals surface area contributed by atoms with Gasteiger partial charge in [-0.05, 0) is 37.0 Å². The molecule has 2 heterocycles. The third kappa shape index (κ3) is 3.83. The van der Waals surface area contributed by atoms with Gasteiger partial charge in [0.25, 0.3) is 0 Å². The molecule has 1 saturated carbocycles. The molecule has 0 radical (unpaired) electrons. The van der Waals surface area contributed by atoms with E-state index < -0.39 is 0 Å². The summed E-state index contributed by atoms with van der Waals surface area (Å²) in [5.41, 5.74) is 3.18. The number of methoxy groups -OCH3 is 1. The number of nitrogens with zero attached hydrogens (tertiary/aromatic N) is 2. The van der Waals surface area contributed by atoms with Crippen molar-refractivity contribution in [2.45, 2.75) is 63.3 Å². The Morgan fingerprint density at radius 3 is 2.61 bits per heavy atom. The second-order valence-electron chi connectivity index (χ2n) is 7.58. The minimum absolute atomic E-state index is 0.0153. The van der Waals surface area contributed by atoms with Crippen LogP contribution in [-0.2, 0) is 0 Å². The molecule has 1 N–H and O–H groups in total. The molecule has 1 aliphatic carbocycles. The molecule has 2 atom stereocenters. The van der Waals surface area contributed by atoms with E-state index in [2.05, 4.69) is 22.6 Å². The van der Waals surface area contributed by atoms with Crippen LogP contribution in [0.4, 0.5) is 4.79 Å². The van der Waals surface area contributed by atoms with Crippen molar-refractivity contribution in [3.05, 3.63) is 45.9 Å². The van der Waals surface area contributed by atoms with Crippen molar-refractivity contribution in [3.63, 3.8) is 0 Å². The van der Waals surface area contributed by atoms with Crippen molar-refractivity contribution in [3.8, 4) is 5.75 Å². The summed E-state index contributed by atoms with van der Waals surface area (Å²) in [6.45, 7) is 2.06. The largest absolute Gasteiger partial charge is 0.497 e. The van der Waals surface area contributed by atoms with Crippen LogP contribution in [0.3, 0.4) is 0 Å². The van der Waals surface area contributed by atoms with E-state index in [0.29, 0.717) is 5.92 Å². The third-order valence-electron chi connectivity index (χ3n) is 5.88. The maximum atomic E-state index is 12.2. The zero-order chi connectivity index (χ0) is 19.5. The molecule has 148 valence electrons. The number of hydrogen-bond acceptors (Lipinski definition) is 4. The van der Waals surface area contributed by atoms with Crippen molar-refractivity contribution in [1.29, 1.82) is 0 Å². The number of thiazole rings is 1. The van der Waals surface area contributed by atoms with Crippen LogP contribution in [0.15, 0.2) is 34.6 Å². The van der Waals surface area contributed by atoms with Gasteiger partial charge in [-0.25, -0.2) is 14.8 Å². The van der Waals surface area contributed by atoms with Crippen LogP contribution >= 0.6 is 11.3 Å². The average Bonchev–Trinajstić information content (AvgIpc) is 3.23. The number of benzene rings is 1. The van der Waals surface area contributed by atoms with Gasteiger partial charge in [0.05, 0.1) is 24.8 Å². The lowest BCUT2D eigenvalue weighted by atomic mass is 9.86. The topological polar surface area (TPSA) is 63.6 Å². The van der Waals surface area contributed by atoms with Crippen LogP contribution in [0.5, 0.6) is 5.75 Å². The number of carbonyl (C=O) groups excluding carboxylic acids is 1. The molecular weight excluding hydrogens is 370 g/mol. The van der Waals surface area contributed by atoms with Crippen molar-refractivity contribution in [2.75, 3.05) is 7.11 Å². The smallest absolute Gasteiger partial charge is 0.341 e. The molecule has 1 aromatic carbocycles. The van der Waals surface area contributed by atoms with Crippen LogP contribution in [0.25, 0.3) is 0 Å². The fraction of sp³-hybridized carbons (Fsp3) is 0.500. The Hall–Kier alpha value is -2.21. The van der Waals surface area contributed by atoms with Gasteiger partial charge in [-0.2, -0.15) is 0 Å². The first-order chi connectivity index (χ1) is 13.7. The predicted octanol–water partition coefficient (Wildman–Crippen LogP) is 5.60.